The molecule has 0 amide bonds. The van der Waals surface area contributed by atoms with Gasteiger partial charge in [0.25, 0.3) is 0 Å². The molecule has 3 heteroatoms. The van der Waals surface area contributed by atoms with Gasteiger partial charge >= 0.3 is 0 Å². The number of thiophene rings is 1. The second kappa shape index (κ2) is 7.98. The smallest absolute Gasteiger partial charge is 0.162 e. The lowest BCUT2D eigenvalue weighted by atomic mass is 10.1. The van der Waals surface area contributed by atoms with Crippen molar-refractivity contribution in [2.75, 3.05) is 13.1 Å². The van der Waals surface area contributed by atoms with Gasteiger partial charge in [0.2, 0.25) is 0 Å². The highest BCUT2D eigenvalue weighted by molar-refractivity contribution is 7.09. The zero-order valence-electron chi connectivity index (χ0n) is 11.9. The first-order valence-electron chi connectivity index (χ1n) is 7.12. The number of benzene rings is 1. The van der Waals surface area contributed by atoms with Gasteiger partial charge in [-0.15, -0.1) is 11.3 Å². The summed E-state index contributed by atoms with van der Waals surface area (Å²) >= 11 is 1.79. The maximum Gasteiger partial charge on any atom is 0.162 e. The molecule has 0 bridgehead atoms. The van der Waals surface area contributed by atoms with Crippen LogP contribution in [0.25, 0.3) is 0 Å². The Bertz CT molecular complexity index is 507. The van der Waals surface area contributed by atoms with E-state index in [4.69, 9.17) is 0 Å². The number of ketones is 1. The van der Waals surface area contributed by atoms with Crippen LogP contribution in [0.5, 0.6) is 0 Å². The molecule has 0 aliphatic carbocycles. The molecule has 0 aliphatic heterocycles. The van der Waals surface area contributed by atoms with Gasteiger partial charge in [-0.25, -0.2) is 0 Å². The standard InChI is InChI=1S/C17H21NOS/c1-2-18(14-16-10-7-13-20-16)12-6-11-17(19)15-8-4-3-5-9-15/h3-5,7-10,13H,2,6,11-12,14H2,1H3. The Morgan fingerprint density at radius 3 is 2.60 bits per heavy atom. The van der Waals surface area contributed by atoms with Crippen molar-refractivity contribution in [1.29, 1.82) is 0 Å². The monoisotopic (exact) mass is 287 g/mol. The first kappa shape index (κ1) is 14.9. The van der Waals surface area contributed by atoms with E-state index in [2.05, 4.69) is 29.3 Å². The topological polar surface area (TPSA) is 20.3 Å². The molecule has 1 aromatic heterocycles. The van der Waals surface area contributed by atoms with Crippen LogP contribution in [0.2, 0.25) is 0 Å². The number of hydrogen-bond donors (Lipinski definition) is 0. The third-order valence-electron chi connectivity index (χ3n) is 3.38. The second-order valence-corrected chi connectivity index (χ2v) is 5.87. The molecule has 0 saturated heterocycles. The molecule has 0 spiro atoms. The van der Waals surface area contributed by atoms with Crippen molar-refractivity contribution in [1.82, 2.24) is 4.90 Å². The predicted molar refractivity (Wildman–Crippen MR) is 85.3 cm³/mol. The first-order valence-corrected chi connectivity index (χ1v) is 8.00. The van der Waals surface area contributed by atoms with Crippen molar-refractivity contribution >= 4 is 17.1 Å². The van der Waals surface area contributed by atoms with Gasteiger partial charge in [-0.1, -0.05) is 43.3 Å². The second-order valence-electron chi connectivity index (χ2n) is 4.84. The van der Waals surface area contributed by atoms with E-state index in [1.54, 1.807) is 11.3 Å². The highest BCUT2D eigenvalue weighted by Crippen LogP contribution is 2.13. The minimum atomic E-state index is 0.248. The third kappa shape index (κ3) is 4.58. The number of carbonyl (C=O) groups excluding carboxylic acids is 1. The molecule has 106 valence electrons. The number of rotatable bonds is 8. The highest BCUT2D eigenvalue weighted by Gasteiger charge is 2.08. The molecular weight excluding hydrogens is 266 g/mol. The fraction of sp³-hybridized carbons (Fsp3) is 0.353. The van der Waals surface area contributed by atoms with Crippen LogP contribution in [0.3, 0.4) is 0 Å². The van der Waals surface area contributed by atoms with E-state index in [0.717, 1.165) is 31.6 Å². The fourth-order valence-corrected chi connectivity index (χ4v) is 2.95. The van der Waals surface area contributed by atoms with Gasteiger partial charge < -0.3 is 0 Å². The summed E-state index contributed by atoms with van der Waals surface area (Å²) in [5, 5.41) is 2.11. The highest BCUT2D eigenvalue weighted by atomic mass is 32.1. The van der Waals surface area contributed by atoms with Crippen molar-refractivity contribution < 1.29 is 4.79 Å². The largest absolute Gasteiger partial charge is 0.299 e. The van der Waals surface area contributed by atoms with E-state index >= 15 is 0 Å². The van der Waals surface area contributed by atoms with Gasteiger partial charge in [0.05, 0.1) is 0 Å². The maximum atomic E-state index is 12.0. The third-order valence-corrected chi connectivity index (χ3v) is 4.24. The van der Waals surface area contributed by atoms with Gasteiger partial charge in [-0.3, -0.25) is 9.69 Å². The van der Waals surface area contributed by atoms with E-state index in [-0.39, 0.29) is 5.78 Å². The van der Waals surface area contributed by atoms with Crippen LogP contribution >= 0.6 is 11.3 Å². The summed E-state index contributed by atoms with van der Waals surface area (Å²) in [7, 11) is 0. The summed E-state index contributed by atoms with van der Waals surface area (Å²) in [4.78, 5) is 15.8. The van der Waals surface area contributed by atoms with Crippen LogP contribution in [0.1, 0.15) is 35.0 Å². The number of hydrogen-bond acceptors (Lipinski definition) is 3. The van der Waals surface area contributed by atoms with Gasteiger partial charge in [-0.2, -0.15) is 0 Å². The molecule has 0 unspecified atom stereocenters. The molecule has 2 nitrogen and oxygen atoms in total. The van der Waals surface area contributed by atoms with E-state index in [1.807, 2.05) is 30.3 Å². The summed E-state index contributed by atoms with van der Waals surface area (Å²) in [5.41, 5.74) is 0.828. The average Bonchev–Trinajstić information content (AvgIpc) is 3.00. The molecule has 20 heavy (non-hydrogen) atoms. The number of carbonyl (C=O) groups is 1. The van der Waals surface area contributed by atoms with Crippen LogP contribution in [-0.2, 0) is 6.54 Å². The number of nitrogens with zero attached hydrogens (tertiary/aromatic N) is 1. The average molecular weight is 287 g/mol. The van der Waals surface area contributed by atoms with Crippen molar-refractivity contribution in [2.24, 2.45) is 0 Å². The van der Waals surface area contributed by atoms with Crippen molar-refractivity contribution in [3.63, 3.8) is 0 Å². The van der Waals surface area contributed by atoms with Crippen molar-refractivity contribution in [3.8, 4) is 0 Å². The van der Waals surface area contributed by atoms with E-state index in [0.29, 0.717) is 6.42 Å². The van der Waals surface area contributed by atoms with Crippen LogP contribution < -0.4 is 0 Å². The lowest BCUT2D eigenvalue weighted by Gasteiger charge is -2.19. The van der Waals surface area contributed by atoms with Gasteiger partial charge in [-0.05, 0) is 31.0 Å². The minimum absolute atomic E-state index is 0.248. The molecule has 0 fully saturated rings. The Morgan fingerprint density at radius 1 is 1.15 bits per heavy atom. The molecule has 0 aliphatic rings. The Labute approximate surface area is 125 Å². The van der Waals surface area contributed by atoms with Crippen LogP contribution in [0.15, 0.2) is 47.8 Å². The maximum absolute atomic E-state index is 12.0. The van der Waals surface area contributed by atoms with Gasteiger partial charge in [0.15, 0.2) is 5.78 Å². The molecule has 0 N–H and O–H groups in total. The predicted octanol–water partition coefficient (Wildman–Crippen LogP) is 4.23. The van der Waals surface area contributed by atoms with Gasteiger partial charge in [0.1, 0.15) is 0 Å². The Hall–Kier alpha value is -1.45. The molecular formula is C17H21NOS. The molecule has 0 atom stereocenters. The lowest BCUT2D eigenvalue weighted by Crippen LogP contribution is -2.24. The van der Waals surface area contributed by atoms with E-state index in [9.17, 15) is 4.79 Å². The van der Waals surface area contributed by atoms with Crippen molar-refractivity contribution in [2.45, 2.75) is 26.3 Å². The summed E-state index contributed by atoms with van der Waals surface area (Å²) in [5.74, 6) is 0.248. The minimum Gasteiger partial charge on any atom is -0.299 e. The SMILES string of the molecule is CCN(CCCC(=O)c1ccccc1)Cc1cccs1. The Balaban J connectivity index is 1.75. The van der Waals surface area contributed by atoms with E-state index in [1.165, 1.54) is 4.88 Å². The summed E-state index contributed by atoms with van der Waals surface area (Å²) in [6.45, 7) is 5.17. The van der Waals surface area contributed by atoms with Gasteiger partial charge in [0, 0.05) is 23.4 Å². The Morgan fingerprint density at radius 2 is 1.95 bits per heavy atom. The quantitative estimate of drug-likeness (QED) is 0.677. The zero-order valence-corrected chi connectivity index (χ0v) is 12.7. The lowest BCUT2D eigenvalue weighted by molar-refractivity contribution is 0.0974. The molecule has 0 radical (unpaired) electrons. The first-order chi connectivity index (χ1) is 9.79. The normalized spacial score (nSPS) is 10.9. The summed E-state index contributed by atoms with van der Waals surface area (Å²) < 4.78 is 0. The zero-order chi connectivity index (χ0) is 14.2. The van der Waals surface area contributed by atoms with Crippen molar-refractivity contribution in [3.05, 3.63) is 58.3 Å². The van der Waals surface area contributed by atoms with Crippen LogP contribution in [-0.4, -0.2) is 23.8 Å². The molecule has 2 aromatic rings. The number of Topliss-reactive ketones (excluding diaryl/α,β-unsaturated/α-hetero) is 1. The molecule has 0 saturated carbocycles. The molecule has 1 aromatic carbocycles. The fourth-order valence-electron chi connectivity index (χ4n) is 2.20. The van der Waals surface area contributed by atoms with Crippen LogP contribution in [0, 0.1) is 0 Å². The molecule has 2 rings (SSSR count). The van der Waals surface area contributed by atoms with E-state index < -0.39 is 0 Å². The Kier molecular flexibility index (Phi) is 5.96. The summed E-state index contributed by atoms with van der Waals surface area (Å²) in [6.07, 6.45) is 1.55. The summed E-state index contributed by atoms with van der Waals surface area (Å²) in [6, 6.07) is 13.8. The molecule has 1 heterocycles. The van der Waals surface area contributed by atoms with Crippen LogP contribution in [0.4, 0.5) is 0 Å².